The molecule has 0 radical (unpaired) electrons. The van der Waals surface area contributed by atoms with Gasteiger partial charge in [0.15, 0.2) is 5.76 Å². The Morgan fingerprint density at radius 2 is 1.96 bits per heavy atom. The van der Waals surface area contributed by atoms with E-state index >= 15 is 0 Å². The molecule has 3 rings (SSSR count). The molecule has 0 spiro atoms. The third-order valence-electron chi connectivity index (χ3n) is 4.22. The number of carbonyl (C=O) groups is 1. The van der Waals surface area contributed by atoms with Crippen molar-refractivity contribution < 1.29 is 9.21 Å². The molecule has 0 unspecified atom stereocenters. The van der Waals surface area contributed by atoms with E-state index in [1.54, 1.807) is 12.3 Å². The predicted octanol–water partition coefficient (Wildman–Crippen LogP) is 3.78. The summed E-state index contributed by atoms with van der Waals surface area (Å²) >= 11 is 0. The number of rotatable bonds is 7. The van der Waals surface area contributed by atoms with Crippen LogP contribution in [0.1, 0.15) is 33.7 Å². The number of nitrogens with zero attached hydrogens (tertiary/aromatic N) is 1. The van der Waals surface area contributed by atoms with Gasteiger partial charge in [-0.05, 0) is 67.8 Å². The molecule has 0 aliphatic carbocycles. The number of fused-ring (bicyclic) bond motifs is 1. The van der Waals surface area contributed by atoms with Gasteiger partial charge in [-0.15, -0.1) is 12.4 Å². The molecule has 5 nitrogen and oxygen atoms in total. The second-order valence-electron chi connectivity index (χ2n) is 6.23. The van der Waals surface area contributed by atoms with Gasteiger partial charge in [-0.3, -0.25) is 9.78 Å². The highest BCUT2D eigenvalue weighted by Gasteiger charge is 2.12. The van der Waals surface area contributed by atoms with E-state index in [0.29, 0.717) is 12.3 Å². The second kappa shape index (κ2) is 9.36. The number of aryl methyl sites for hydroxylation is 2. The summed E-state index contributed by atoms with van der Waals surface area (Å²) in [6.45, 7) is 6.31. The zero-order chi connectivity index (χ0) is 17.6. The number of halogens is 1. The lowest BCUT2D eigenvalue weighted by molar-refractivity contribution is 0.0927. The number of hydrogen-bond donors (Lipinski definition) is 2. The zero-order valence-electron chi connectivity index (χ0n) is 15.0. The lowest BCUT2D eigenvalue weighted by atomic mass is 10.1. The molecule has 0 bridgehead atoms. The molecule has 0 fully saturated rings. The molecule has 138 valence electrons. The summed E-state index contributed by atoms with van der Waals surface area (Å²) in [5.74, 6) is 0.196. The van der Waals surface area contributed by atoms with Crippen LogP contribution >= 0.6 is 12.4 Å². The summed E-state index contributed by atoms with van der Waals surface area (Å²) in [4.78, 5) is 16.3. The summed E-state index contributed by atoms with van der Waals surface area (Å²) < 4.78 is 5.67. The Hall–Kier alpha value is -2.37. The van der Waals surface area contributed by atoms with Crippen LogP contribution in [0, 0.1) is 13.8 Å². The lowest BCUT2D eigenvalue weighted by Gasteiger charge is -2.05. The molecule has 0 aliphatic rings. The minimum Gasteiger partial charge on any atom is -0.451 e. The summed E-state index contributed by atoms with van der Waals surface area (Å²) in [5, 5.41) is 7.20. The summed E-state index contributed by atoms with van der Waals surface area (Å²) in [6.07, 6.45) is 4.46. The maximum atomic E-state index is 12.2. The van der Waals surface area contributed by atoms with Gasteiger partial charge in [0, 0.05) is 30.9 Å². The van der Waals surface area contributed by atoms with Gasteiger partial charge in [0.1, 0.15) is 5.58 Å². The van der Waals surface area contributed by atoms with Crippen LogP contribution in [-0.2, 0) is 6.54 Å². The van der Waals surface area contributed by atoms with Gasteiger partial charge in [-0.2, -0.15) is 0 Å². The third-order valence-corrected chi connectivity index (χ3v) is 4.22. The molecule has 26 heavy (non-hydrogen) atoms. The van der Waals surface area contributed by atoms with Crippen LogP contribution in [0.2, 0.25) is 0 Å². The lowest BCUT2D eigenvalue weighted by Crippen LogP contribution is -2.26. The van der Waals surface area contributed by atoms with E-state index in [4.69, 9.17) is 4.42 Å². The van der Waals surface area contributed by atoms with E-state index in [0.717, 1.165) is 41.6 Å². The fraction of sp³-hybridized carbons (Fsp3) is 0.300. The van der Waals surface area contributed by atoms with Gasteiger partial charge in [0.2, 0.25) is 0 Å². The molecule has 1 amide bonds. The first-order valence-electron chi connectivity index (χ1n) is 8.52. The Morgan fingerprint density at radius 3 is 2.73 bits per heavy atom. The highest BCUT2D eigenvalue weighted by atomic mass is 35.5. The highest BCUT2D eigenvalue weighted by Crippen LogP contribution is 2.23. The van der Waals surface area contributed by atoms with Crippen molar-refractivity contribution in [3.8, 4) is 0 Å². The van der Waals surface area contributed by atoms with Gasteiger partial charge in [-0.1, -0.05) is 6.07 Å². The molecule has 2 N–H and O–H groups in total. The number of nitrogens with one attached hydrogen (secondary N) is 2. The minimum atomic E-state index is -0.168. The van der Waals surface area contributed by atoms with Crippen LogP contribution in [0.5, 0.6) is 0 Å². The van der Waals surface area contributed by atoms with Gasteiger partial charge >= 0.3 is 0 Å². The minimum absolute atomic E-state index is 0. The molecule has 0 saturated carbocycles. The van der Waals surface area contributed by atoms with Crippen LogP contribution < -0.4 is 10.6 Å². The van der Waals surface area contributed by atoms with Gasteiger partial charge in [0.25, 0.3) is 5.91 Å². The highest BCUT2D eigenvalue weighted by molar-refractivity contribution is 5.96. The monoisotopic (exact) mass is 373 g/mol. The van der Waals surface area contributed by atoms with Crippen molar-refractivity contribution in [1.82, 2.24) is 15.6 Å². The van der Waals surface area contributed by atoms with Crippen LogP contribution in [0.4, 0.5) is 0 Å². The maximum absolute atomic E-state index is 12.2. The molecule has 0 aliphatic heterocycles. The van der Waals surface area contributed by atoms with Crippen molar-refractivity contribution in [2.24, 2.45) is 0 Å². The fourth-order valence-electron chi connectivity index (χ4n) is 2.65. The Bertz CT molecular complexity index is 823. The molecular weight excluding hydrogens is 350 g/mol. The first-order chi connectivity index (χ1) is 12.1. The predicted molar refractivity (Wildman–Crippen MR) is 106 cm³/mol. The molecule has 0 saturated heterocycles. The maximum Gasteiger partial charge on any atom is 0.287 e. The largest absolute Gasteiger partial charge is 0.451 e. The fourth-order valence-corrected chi connectivity index (χ4v) is 2.65. The first kappa shape index (κ1) is 19.9. The molecule has 6 heteroatoms. The number of furan rings is 1. The number of hydrogen-bond acceptors (Lipinski definition) is 4. The van der Waals surface area contributed by atoms with Gasteiger partial charge in [-0.25, -0.2) is 0 Å². The molecule has 2 heterocycles. The Labute approximate surface area is 159 Å². The Balaban J connectivity index is 0.00000243. The van der Waals surface area contributed by atoms with E-state index < -0.39 is 0 Å². The van der Waals surface area contributed by atoms with Crippen molar-refractivity contribution in [2.75, 3.05) is 13.1 Å². The van der Waals surface area contributed by atoms with Crippen molar-refractivity contribution in [3.05, 3.63) is 65.2 Å². The average Bonchev–Trinajstić information content (AvgIpc) is 3.02. The van der Waals surface area contributed by atoms with Crippen molar-refractivity contribution in [3.63, 3.8) is 0 Å². The Kier molecular flexibility index (Phi) is 7.18. The number of pyridine rings is 1. The van der Waals surface area contributed by atoms with Crippen LogP contribution in [-0.4, -0.2) is 24.0 Å². The molecular formula is C20H24ClN3O2. The van der Waals surface area contributed by atoms with Crippen LogP contribution in [0.3, 0.4) is 0 Å². The molecule has 0 atom stereocenters. The Morgan fingerprint density at radius 1 is 1.15 bits per heavy atom. The molecule has 3 aromatic rings. The SMILES string of the molecule is Cc1cc2cc(C(=O)NCCCNCc3cccnc3)oc2cc1C.Cl. The van der Waals surface area contributed by atoms with E-state index in [1.807, 2.05) is 37.4 Å². The normalized spacial score (nSPS) is 10.5. The summed E-state index contributed by atoms with van der Waals surface area (Å²) in [6, 6.07) is 9.79. The van der Waals surface area contributed by atoms with Crippen molar-refractivity contribution in [2.45, 2.75) is 26.8 Å². The smallest absolute Gasteiger partial charge is 0.287 e. The number of benzene rings is 1. The number of aromatic nitrogens is 1. The van der Waals surface area contributed by atoms with Crippen molar-refractivity contribution in [1.29, 1.82) is 0 Å². The van der Waals surface area contributed by atoms with E-state index in [1.165, 1.54) is 5.56 Å². The third kappa shape index (κ3) is 5.07. The molecule has 1 aromatic carbocycles. The van der Waals surface area contributed by atoms with E-state index in [2.05, 4.69) is 22.5 Å². The summed E-state index contributed by atoms with van der Waals surface area (Å²) in [5.41, 5.74) is 4.26. The van der Waals surface area contributed by atoms with Crippen LogP contribution in [0.25, 0.3) is 11.0 Å². The van der Waals surface area contributed by atoms with E-state index in [-0.39, 0.29) is 18.3 Å². The number of carbonyl (C=O) groups excluding carboxylic acids is 1. The van der Waals surface area contributed by atoms with Crippen LogP contribution in [0.15, 0.2) is 47.1 Å². The quantitative estimate of drug-likeness (QED) is 0.618. The number of amides is 1. The van der Waals surface area contributed by atoms with Gasteiger partial charge < -0.3 is 15.1 Å². The topological polar surface area (TPSA) is 67.2 Å². The molecule has 2 aromatic heterocycles. The zero-order valence-corrected chi connectivity index (χ0v) is 15.9. The summed E-state index contributed by atoms with van der Waals surface area (Å²) in [7, 11) is 0. The standard InChI is InChI=1S/C20H23N3O2.ClH/c1-14-9-17-11-19(25-18(17)10-15(14)2)20(24)23-8-4-7-22-13-16-5-3-6-21-12-16;/h3,5-6,9-12,22H,4,7-8,13H2,1-2H3,(H,23,24);1H. The van der Waals surface area contributed by atoms with E-state index in [9.17, 15) is 4.79 Å². The van der Waals surface area contributed by atoms with Gasteiger partial charge in [0.05, 0.1) is 0 Å². The average molecular weight is 374 g/mol. The first-order valence-corrected chi connectivity index (χ1v) is 8.52. The second-order valence-corrected chi connectivity index (χ2v) is 6.23. The van der Waals surface area contributed by atoms with Crippen molar-refractivity contribution >= 4 is 29.3 Å².